The number of carbonyl (C=O) groups is 2. The number of nitrogens with one attached hydrogen (secondary N) is 1. The van der Waals surface area contributed by atoms with Crippen LogP contribution in [0.5, 0.6) is 0 Å². The Morgan fingerprint density at radius 2 is 1.83 bits per heavy atom. The molecule has 1 atom stereocenters. The summed E-state index contributed by atoms with van der Waals surface area (Å²) in [6.07, 6.45) is -0.552. The SMILES string of the molecule is CC(=O)Nc1cccc(C(C)OC(=O)Cn2nc(-c3ccccc3)ccc2=O)c1. The van der Waals surface area contributed by atoms with E-state index in [1.165, 1.54) is 13.0 Å². The minimum atomic E-state index is -0.581. The van der Waals surface area contributed by atoms with Crippen LogP contribution in [-0.2, 0) is 20.9 Å². The fraction of sp³-hybridized carbons (Fsp3) is 0.182. The van der Waals surface area contributed by atoms with Gasteiger partial charge in [0.1, 0.15) is 12.6 Å². The minimum absolute atomic E-state index is 0.185. The van der Waals surface area contributed by atoms with Crippen molar-refractivity contribution in [2.45, 2.75) is 26.5 Å². The molecule has 0 aliphatic carbocycles. The second-order valence-electron chi connectivity index (χ2n) is 6.52. The number of aromatic nitrogens is 2. The van der Waals surface area contributed by atoms with Crippen molar-refractivity contribution in [1.82, 2.24) is 9.78 Å². The lowest BCUT2D eigenvalue weighted by atomic mass is 10.1. The third-order valence-electron chi connectivity index (χ3n) is 4.20. The molecule has 0 spiro atoms. The Labute approximate surface area is 168 Å². The van der Waals surface area contributed by atoms with Crippen LogP contribution in [0.1, 0.15) is 25.5 Å². The molecule has 0 aliphatic heterocycles. The summed E-state index contributed by atoms with van der Waals surface area (Å²) < 4.78 is 6.54. The molecule has 2 aromatic carbocycles. The van der Waals surface area contributed by atoms with Crippen molar-refractivity contribution in [3.8, 4) is 11.3 Å². The number of hydrogen-bond donors (Lipinski definition) is 1. The first-order valence-corrected chi connectivity index (χ1v) is 9.13. The molecule has 3 rings (SSSR count). The predicted molar refractivity (Wildman–Crippen MR) is 109 cm³/mol. The van der Waals surface area contributed by atoms with Gasteiger partial charge in [0, 0.05) is 24.2 Å². The summed E-state index contributed by atoms with van der Waals surface area (Å²) in [7, 11) is 0. The molecule has 1 heterocycles. The van der Waals surface area contributed by atoms with Crippen molar-refractivity contribution in [1.29, 1.82) is 0 Å². The molecule has 0 fully saturated rings. The number of rotatable bonds is 6. The minimum Gasteiger partial charge on any atom is -0.456 e. The van der Waals surface area contributed by atoms with E-state index in [-0.39, 0.29) is 18.0 Å². The van der Waals surface area contributed by atoms with Crippen LogP contribution in [0.3, 0.4) is 0 Å². The first-order valence-electron chi connectivity index (χ1n) is 9.13. The zero-order chi connectivity index (χ0) is 20.8. The van der Waals surface area contributed by atoms with Crippen LogP contribution in [-0.4, -0.2) is 21.7 Å². The second kappa shape index (κ2) is 8.97. The molecule has 1 amide bonds. The lowest BCUT2D eigenvalue weighted by molar-refractivity contribution is -0.149. The van der Waals surface area contributed by atoms with E-state index in [4.69, 9.17) is 4.74 Å². The number of anilines is 1. The lowest BCUT2D eigenvalue weighted by Crippen LogP contribution is -2.27. The van der Waals surface area contributed by atoms with E-state index in [2.05, 4.69) is 10.4 Å². The summed E-state index contributed by atoms with van der Waals surface area (Å²) >= 11 is 0. The van der Waals surface area contributed by atoms with E-state index in [1.54, 1.807) is 37.3 Å². The Balaban J connectivity index is 1.71. The van der Waals surface area contributed by atoms with Gasteiger partial charge in [0.25, 0.3) is 5.56 Å². The van der Waals surface area contributed by atoms with E-state index in [0.29, 0.717) is 11.4 Å². The first-order chi connectivity index (χ1) is 13.9. The molecule has 0 saturated carbocycles. The maximum absolute atomic E-state index is 12.4. The average Bonchev–Trinajstić information content (AvgIpc) is 2.70. The molecule has 7 nitrogen and oxygen atoms in total. The van der Waals surface area contributed by atoms with Gasteiger partial charge in [-0.25, -0.2) is 4.68 Å². The maximum Gasteiger partial charge on any atom is 0.328 e. The van der Waals surface area contributed by atoms with Gasteiger partial charge in [0.2, 0.25) is 5.91 Å². The van der Waals surface area contributed by atoms with Gasteiger partial charge < -0.3 is 10.1 Å². The molecule has 0 radical (unpaired) electrons. The van der Waals surface area contributed by atoms with Gasteiger partial charge in [0.15, 0.2) is 0 Å². The topological polar surface area (TPSA) is 90.3 Å². The first kappa shape index (κ1) is 20.0. The smallest absolute Gasteiger partial charge is 0.328 e. The third kappa shape index (κ3) is 5.38. The summed E-state index contributed by atoms with van der Waals surface area (Å²) in [5.74, 6) is -0.766. The molecule has 0 aliphatic rings. The standard InChI is InChI=1S/C22H21N3O4/c1-15(18-9-6-10-19(13-18)23-16(2)26)29-22(28)14-25-21(27)12-11-20(24-25)17-7-4-3-5-8-17/h3-13,15H,14H2,1-2H3,(H,23,26). The molecule has 0 bridgehead atoms. The lowest BCUT2D eigenvalue weighted by Gasteiger charge is -2.15. The van der Waals surface area contributed by atoms with Crippen LogP contribution in [0.25, 0.3) is 11.3 Å². The summed E-state index contributed by atoms with van der Waals surface area (Å²) in [5, 5.41) is 6.95. The van der Waals surface area contributed by atoms with E-state index in [0.717, 1.165) is 15.8 Å². The molecule has 3 aromatic rings. The molecule has 7 heteroatoms. The van der Waals surface area contributed by atoms with E-state index < -0.39 is 12.1 Å². The molecule has 148 valence electrons. The number of carbonyl (C=O) groups excluding carboxylic acids is 2. The Hall–Kier alpha value is -3.74. The van der Waals surface area contributed by atoms with Gasteiger partial charge in [-0.15, -0.1) is 0 Å². The van der Waals surface area contributed by atoms with Crippen molar-refractivity contribution in [3.63, 3.8) is 0 Å². The molecular weight excluding hydrogens is 370 g/mol. The maximum atomic E-state index is 12.4. The summed E-state index contributed by atoms with van der Waals surface area (Å²) in [4.78, 5) is 35.7. The molecule has 1 aromatic heterocycles. The summed E-state index contributed by atoms with van der Waals surface area (Å²) in [6.45, 7) is 2.85. The van der Waals surface area contributed by atoms with Gasteiger partial charge in [-0.05, 0) is 30.7 Å². The highest BCUT2D eigenvalue weighted by Crippen LogP contribution is 2.21. The number of amides is 1. The summed E-state index contributed by atoms with van der Waals surface area (Å²) in [5.41, 5.74) is 2.39. The van der Waals surface area contributed by atoms with Crippen molar-refractivity contribution in [3.05, 3.63) is 82.6 Å². The van der Waals surface area contributed by atoms with Crippen LogP contribution >= 0.6 is 0 Å². The van der Waals surface area contributed by atoms with Gasteiger partial charge >= 0.3 is 5.97 Å². The number of benzene rings is 2. The van der Waals surface area contributed by atoms with Crippen molar-refractivity contribution in [2.75, 3.05) is 5.32 Å². The van der Waals surface area contributed by atoms with Crippen LogP contribution in [0.4, 0.5) is 5.69 Å². The van der Waals surface area contributed by atoms with Gasteiger partial charge in [0.05, 0.1) is 5.69 Å². The van der Waals surface area contributed by atoms with E-state index in [1.807, 2.05) is 30.3 Å². The number of esters is 1. The largest absolute Gasteiger partial charge is 0.456 e. The van der Waals surface area contributed by atoms with Crippen LogP contribution < -0.4 is 10.9 Å². The highest BCUT2D eigenvalue weighted by molar-refractivity contribution is 5.88. The average molecular weight is 391 g/mol. The van der Waals surface area contributed by atoms with E-state index >= 15 is 0 Å². The highest BCUT2D eigenvalue weighted by atomic mass is 16.5. The highest BCUT2D eigenvalue weighted by Gasteiger charge is 2.15. The summed E-state index contributed by atoms with van der Waals surface area (Å²) in [6, 6.07) is 19.4. The zero-order valence-electron chi connectivity index (χ0n) is 16.2. The fourth-order valence-electron chi connectivity index (χ4n) is 2.82. The van der Waals surface area contributed by atoms with Crippen LogP contribution in [0.15, 0.2) is 71.5 Å². The number of ether oxygens (including phenoxy) is 1. The van der Waals surface area contributed by atoms with E-state index in [9.17, 15) is 14.4 Å². The van der Waals surface area contributed by atoms with Crippen LogP contribution in [0, 0.1) is 0 Å². The second-order valence-corrected chi connectivity index (χ2v) is 6.52. The Morgan fingerprint density at radius 1 is 1.07 bits per heavy atom. The van der Waals surface area contributed by atoms with Crippen molar-refractivity contribution in [2.24, 2.45) is 0 Å². The Bertz CT molecular complexity index is 1080. The van der Waals surface area contributed by atoms with Crippen molar-refractivity contribution < 1.29 is 14.3 Å². The van der Waals surface area contributed by atoms with Gasteiger partial charge in [-0.1, -0.05) is 42.5 Å². The fourth-order valence-corrected chi connectivity index (χ4v) is 2.82. The van der Waals surface area contributed by atoms with Crippen molar-refractivity contribution >= 4 is 17.6 Å². The molecular formula is C22H21N3O4. The molecule has 0 saturated heterocycles. The predicted octanol–water partition coefficient (Wildman–Crippen LogP) is 3.17. The molecule has 1 N–H and O–H groups in total. The number of nitrogens with zero attached hydrogens (tertiary/aromatic N) is 2. The Morgan fingerprint density at radius 3 is 2.55 bits per heavy atom. The quantitative estimate of drug-likeness (QED) is 0.652. The third-order valence-corrected chi connectivity index (χ3v) is 4.20. The van der Waals surface area contributed by atoms with Gasteiger partial charge in [-0.3, -0.25) is 14.4 Å². The Kier molecular flexibility index (Phi) is 6.19. The molecule has 29 heavy (non-hydrogen) atoms. The normalized spacial score (nSPS) is 11.5. The van der Waals surface area contributed by atoms with Gasteiger partial charge in [-0.2, -0.15) is 5.10 Å². The van der Waals surface area contributed by atoms with Crippen LogP contribution in [0.2, 0.25) is 0 Å². The number of hydrogen-bond acceptors (Lipinski definition) is 5. The zero-order valence-corrected chi connectivity index (χ0v) is 16.2. The molecule has 1 unspecified atom stereocenters. The monoisotopic (exact) mass is 391 g/mol.